The van der Waals surface area contributed by atoms with Crippen LogP contribution in [-0.4, -0.2) is 84.9 Å². The Balaban J connectivity index is 0.786. The molecular formula is C59H79N7O8. The summed E-state index contributed by atoms with van der Waals surface area (Å²) in [6, 6.07) is 26.5. The number of hydrogen-bond acceptors (Lipinski definition) is 11. The van der Waals surface area contributed by atoms with Crippen molar-refractivity contribution in [3.05, 3.63) is 120 Å². The molecule has 15 atom stereocenters. The number of rotatable bonds is 22. The van der Waals surface area contributed by atoms with E-state index in [0.717, 1.165) is 32.1 Å². The molecule has 0 radical (unpaired) electrons. The molecule has 398 valence electrons. The van der Waals surface area contributed by atoms with Gasteiger partial charge in [-0.3, -0.25) is 24.2 Å². The maximum atomic E-state index is 13.7. The molecule has 15 nitrogen and oxygen atoms in total. The first kappa shape index (κ1) is 54.5. The average molecular weight is 1010 g/mol. The minimum atomic E-state index is -0.985. The number of anilines is 2. The van der Waals surface area contributed by atoms with E-state index in [0.29, 0.717) is 73.4 Å². The van der Waals surface area contributed by atoms with Gasteiger partial charge in [-0.05, 0) is 158 Å². The molecule has 2 aromatic carbocycles. The highest BCUT2D eigenvalue weighted by Crippen LogP contribution is 2.68. The highest BCUT2D eigenvalue weighted by molar-refractivity contribution is 5.95. The van der Waals surface area contributed by atoms with Crippen molar-refractivity contribution < 1.29 is 39.6 Å². The summed E-state index contributed by atoms with van der Waals surface area (Å²) < 4.78 is 0. The smallest absolute Gasteiger partial charge is 0.303 e. The Morgan fingerprint density at radius 1 is 0.784 bits per heavy atom. The maximum absolute atomic E-state index is 13.7. The Kier molecular flexibility index (Phi) is 17.9. The fraction of sp³-hybridized carbons (Fsp3) is 0.559. The number of pyridine rings is 2. The third kappa shape index (κ3) is 12.2. The van der Waals surface area contributed by atoms with Gasteiger partial charge in [0, 0.05) is 55.6 Å². The third-order valence-electron chi connectivity index (χ3n) is 18.3. The first-order chi connectivity index (χ1) is 35.6. The van der Waals surface area contributed by atoms with Crippen molar-refractivity contribution >= 4 is 35.2 Å². The van der Waals surface area contributed by atoms with E-state index in [2.05, 4.69) is 52.0 Å². The first-order valence-electron chi connectivity index (χ1n) is 27.2. The largest absolute Gasteiger partial charge is 0.481 e. The number of aliphatic hydroxyl groups excluding tert-OH is 3. The van der Waals surface area contributed by atoms with Crippen molar-refractivity contribution in [1.29, 1.82) is 0 Å². The van der Waals surface area contributed by atoms with E-state index < -0.39 is 42.3 Å². The van der Waals surface area contributed by atoms with E-state index in [1.807, 2.05) is 91.0 Å². The van der Waals surface area contributed by atoms with Crippen molar-refractivity contribution in [3.63, 3.8) is 0 Å². The molecule has 2 aromatic heterocycles. The van der Waals surface area contributed by atoms with Gasteiger partial charge in [0.15, 0.2) is 0 Å². The number of aromatic nitrogens is 2. The molecule has 15 heteroatoms. The van der Waals surface area contributed by atoms with Gasteiger partial charge in [-0.2, -0.15) is 0 Å². The zero-order valence-electron chi connectivity index (χ0n) is 43.3. The quantitative estimate of drug-likeness (QED) is 0.0339. The van der Waals surface area contributed by atoms with Crippen molar-refractivity contribution in [2.45, 2.75) is 153 Å². The molecule has 0 aliphatic heterocycles. The van der Waals surface area contributed by atoms with Crippen molar-refractivity contribution in [2.75, 3.05) is 17.2 Å². The number of aliphatic hydroxyl groups is 3. The van der Waals surface area contributed by atoms with Crippen molar-refractivity contribution in [3.8, 4) is 0 Å². The number of aliphatic carboxylic acids is 1. The molecule has 8 rings (SSSR count). The normalized spacial score (nSPS) is 29.2. The number of nitrogens with one attached hydrogen (secondary N) is 4. The van der Waals surface area contributed by atoms with Crippen LogP contribution < -0.4 is 27.0 Å². The number of carbonyl (C=O) groups is 4. The van der Waals surface area contributed by atoms with Gasteiger partial charge in [-0.25, -0.2) is 4.98 Å². The lowest BCUT2D eigenvalue weighted by atomic mass is 9.43. The van der Waals surface area contributed by atoms with Crippen LogP contribution in [0.25, 0.3) is 0 Å². The number of hydrogen-bond donors (Lipinski definition) is 9. The molecule has 3 amide bonds. The minimum Gasteiger partial charge on any atom is -0.481 e. The minimum absolute atomic E-state index is 0.0484. The van der Waals surface area contributed by atoms with E-state index in [9.17, 15) is 39.6 Å². The lowest BCUT2D eigenvalue weighted by molar-refractivity contribution is -0.202. The number of carboxylic acid groups (broad SMARTS) is 1. The third-order valence-corrected chi connectivity index (χ3v) is 18.3. The zero-order valence-corrected chi connectivity index (χ0v) is 43.3. The van der Waals surface area contributed by atoms with E-state index in [4.69, 9.17) is 5.73 Å². The molecule has 0 saturated heterocycles. The molecule has 4 aliphatic rings. The van der Waals surface area contributed by atoms with Crippen LogP contribution in [0.4, 0.5) is 11.5 Å². The van der Waals surface area contributed by atoms with Gasteiger partial charge in [0.25, 0.3) is 0 Å². The van der Waals surface area contributed by atoms with Crippen LogP contribution in [0.5, 0.6) is 0 Å². The predicted octanol–water partition coefficient (Wildman–Crippen LogP) is 8.07. The Hall–Kier alpha value is -5.74. The molecule has 10 N–H and O–H groups in total. The number of amides is 3. The second-order valence-electron chi connectivity index (χ2n) is 22.5. The number of carboxylic acids is 1. The summed E-state index contributed by atoms with van der Waals surface area (Å²) >= 11 is 0. The molecule has 5 unspecified atom stereocenters. The first-order valence-corrected chi connectivity index (χ1v) is 27.2. The van der Waals surface area contributed by atoms with Crippen LogP contribution in [0.1, 0.15) is 146 Å². The van der Waals surface area contributed by atoms with Crippen molar-refractivity contribution in [1.82, 2.24) is 20.6 Å². The molecule has 2 heterocycles. The standard InChI is InChI=1S/C59H79N7O8/c1-36(22-27-52(71)72)41-23-24-42-53-43(35-48(68)59(41,42)3)58(2)29-28-39(33-38(58)34-47(53)67)64-51(70)26-25-50(69)63-32-12-9-18-44(60)57(74)65-45-19-8-7-17-40(45)55(66-49-21-11-14-31-62-49)54(46-20-10-13-30-61-46)56(73)37-15-5-4-6-16-37/h4-8,10-11,13-17,19-21,30-31,36,38-39,41-44,47-48,53-56,67-68,73H,9,12,18,22-29,32-35,60H2,1-3H3,(H,62,66)(H,63,69)(H,64,70)(H,65,74)(H,71,72)/t36?,38-,39-,41?,42-,43-,44-,47+,48-,53-,54?,55?,56?,58-,59+/m0/s1. The van der Waals surface area contributed by atoms with Crippen LogP contribution in [0.15, 0.2) is 103 Å². The Bertz CT molecular complexity index is 2510. The number of carbonyl (C=O) groups excluding carboxylic acids is 3. The summed E-state index contributed by atoms with van der Waals surface area (Å²) in [5.74, 6) is -0.534. The summed E-state index contributed by atoms with van der Waals surface area (Å²) in [6.07, 6.45) is 9.42. The number of unbranched alkanes of at least 4 members (excludes halogenated alkanes) is 1. The molecule has 74 heavy (non-hydrogen) atoms. The monoisotopic (exact) mass is 1010 g/mol. The highest BCUT2D eigenvalue weighted by Gasteiger charge is 2.65. The lowest BCUT2D eigenvalue weighted by Gasteiger charge is -2.63. The van der Waals surface area contributed by atoms with Gasteiger partial charge in [0.05, 0.1) is 36.3 Å². The molecule has 4 aliphatic carbocycles. The molecule has 4 fully saturated rings. The van der Waals surface area contributed by atoms with Gasteiger partial charge in [0.2, 0.25) is 17.7 Å². The Labute approximate surface area is 436 Å². The molecule has 4 aromatic rings. The average Bonchev–Trinajstić information content (AvgIpc) is 3.76. The van der Waals surface area contributed by atoms with E-state index >= 15 is 0 Å². The molecule has 0 bridgehead atoms. The van der Waals surface area contributed by atoms with Crippen LogP contribution in [-0.2, 0) is 19.2 Å². The van der Waals surface area contributed by atoms with Gasteiger partial charge in [-0.1, -0.05) is 81.4 Å². The SMILES string of the molecule is CC(CCC(=O)O)C1CC[C@H]2[C@@H]3[C@H](O)C[C@@H]4C[C@@H](NC(=O)CCC(=O)NCCCC[C@H](N)C(=O)Nc5ccccc5C(Nc5ccccn5)C(c5ccccn5)C(O)c5ccccc5)CC[C@]4(C)[C@H]3C[C@H](O)[C@]12C. The van der Waals surface area contributed by atoms with E-state index in [-0.39, 0.29) is 89.4 Å². The van der Waals surface area contributed by atoms with Crippen LogP contribution in [0.3, 0.4) is 0 Å². The number of fused-ring (bicyclic) bond motifs is 5. The van der Waals surface area contributed by atoms with Crippen molar-refractivity contribution in [2.24, 2.45) is 52.1 Å². The fourth-order valence-electron chi connectivity index (χ4n) is 14.3. The number of nitrogens with zero attached hydrogens (tertiary/aromatic N) is 2. The Morgan fingerprint density at radius 3 is 2.23 bits per heavy atom. The van der Waals surface area contributed by atoms with Crippen LogP contribution >= 0.6 is 0 Å². The second kappa shape index (κ2) is 24.3. The summed E-state index contributed by atoms with van der Waals surface area (Å²) in [5, 5.41) is 57.9. The van der Waals surface area contributed by atoms with Crippen LogP contribution in [0.2, 0.25) is 0 Å². The fourth-order valence-corrected chi connectivity index (χ4v) is 14.3. The summed E-state index contributed by atoms with van der Waals surface area (Å²) in [5.41, 5.74) is 8.65. The van der Waals surface area contributed by atoms with E-state index in [1.165, 1.54) is 0 Å². The molecule has 4 saturated carbocycles. The predicted molar refractivity (Wildman–Crippen MR) is 284 cm³/mol. The second-order valence-corrected chi connectivity index (χ2v) is 22.5. The summed E-state index contributed by atoms with van der Waals surface area (Å²) in [7, 11) is 0. The van der Waals surface area contributed by atoms with Gasteiger partial charge in [0.1, 0.15) is 5.82 Å². The molecule has 0 spiro atoms. The molecular weight excluding hydrogens is 935 g/mol. The van der Waals surface area contributed by atoms with Gasteiger partial charge < -0.3 is 47.4 Å². The zero-order chi connectivity index (χ0) is 52.6. The van der Waals surface area contributed by atoms with Crippen LogP contribution in [0, 0.1) is 46.3 Å². The van der Waals surface area contributed by atoms with E-state index in [1.54, 1.807) is 12.4 Å². The number of benzene rings is 2. The highest BCUT2D eigenvalue weighted by atomic mass is 16.4. The number of nitrogens with two attached hydrogens (primary N) is 1. The summed E-state index contributed by atoms with van der Waals surface area (Å²) in [6.45, 7) is 7.04. The topological polar surface area (TPSA) is 249 Å². The lowest BCUT2D eigenvalue weighted by Crippen LogP contribution is -2.63. The Morgan fingerprint density at radius 2 is 1.50 bits per heavy atom. The van der Waals surface area contributed by atoms with Gasteiger partial charge in [-0.15, -0.1) is 0 Å². The maximum Gasteiger partial charge on any atom is 0.303 e. The van der Waals surface area contributed by atoms with Gasteiger partial charge >= 0.3 is 5.97 Å². The summed E-state index contributed by atoms with van der Waals surface area (Å²) in [4.78, 5) is 60.4. The number of para-hydroxylation sites is 1.